The van der Waals surface area contributed by atoms with E-state index in [1.54, 1.807) is 12.1 Å². The first-order chi connectivity index (χ1) is 9.58. The highest BCUT2D eigenvalue weighted by molar-refractivity contribution is 5.40. The SMILES string of the molecule is COc1cc(C(N)c2cccc(OC)c2F)ccc1F. The second-order valence-electron chi connectivity index (χ2n) is 4.24. The van der Waals surface area contributed by atoms with Crippen LogP contribution in [0.15, 0.2) is 36.4 Å². The van der Waals surface area contributed by atoms with Gasteiger partial charge in [-0.1, -0.05) is 18.2 Å². The third-order valence-corrected chi connectivity index (χ3v) is 3.08. The molecule has 2 rings (SSSR count). The van der Waals surface area contributed by atoms with Crippen molar-refractivity contribution >= 4 is 0 Å². The van der Waals surface area contributed by atoms with Gasteiger partial charge >= 0.3 is 0 Å². The molecule has 0 heterocycles. The number of hydrogen-bond donors (Lipinski definition) is 1. The molecule has 1 unspecified atom stereocenters. The number of halogens is 2. The lowest BCUT2D eigenvalue weighted by atomic mass is 9.98. The van der Waals surface area contributed by atoms with E-state index < -0.39 is 17.7 Å². The van der Waals surface area contributed by atoms with E-state index in [1.165, 1.54) is 38.5 Å². The van der Waals surface area contributed by atoms with E-state index in [9.17, 15) is 8.78 Å². The maximum absolute atomic E-state index is 14.2. The zero-order chi connectivity index (χ0) is 14.7. The van der Waals surface area contributed by atoms with Crippen LogP contribution in [-0.4, -0.2) is 14.2 Å². The second kappa shape index (κ2) is 5.88. The third kappa shape index (κ3) is 2.58. The Morgan fingerprint density at radius 1 is 1.00 bits per heavy atom. The van der Waals surface area contributed by atoms with Gasteiger partial charge in [0.2, 0.25) is 0 Å². The molecule has 20 heavy (non-hydrogen) atoms. The fourth-order valence-electron chi connectivity index (χ4n) is 1.97. The predicted octanol–water partition coefficient (Wildman–Crippen LogP) is 3.03. The highest BCUT2D eigenvalue weighted by Gasteiger charge is 2.18. The molecule has 0 amide bonds. The van der Waals surface area contributed by atoms with Gasteiger partial charge in [0.25, 0.3) is 0 Å². The average molecular weight is 279 g/mol. The molecule has 5 heteroatoms. The minimum Gasteiger partial charge on any atom is -0.494 e. The van der Waals surface area contributed by atoms with Crippen molar-refractivity contribution in [3.63, 3.8) is 0 Å². The van der Waals surface area contributed by atoms with Crippen LogP contribution in [0.4, 0.5) is 8.78 Å². The van der Waals surface area contributed by atoms with E-state index in [2.05, 4.69) is 0 Å². The van der Waals surface area contributed by atoms with Crippen LogP contribution in [0.5, 0.6) is 11.5 Å². The van der Waals surface area contributed by atoms with Gasteiger partial charge in [0.1, 0.15) is 0 Å². The summed E-state index contributed by atoms with van der Waals surface area (Å²) in [5, 5.41) is 0. The maximum Gasteiger partial charge on any atom is 0.170 e. The number of benzene rings is 2. The summed E-state index contributed by atoms with van der Waals surface area (Å²) in [6.45, 7) is 0. The number of rotatable bonds is 4. The van der Waals surface area contributed by atoms with Crippen molar-refractivity contribution in [2.75, 3.05) is 14.2 Å². The Hall–Kier alpha value is -2.14. The zero-order valence-corrected chi connectivity index (χ0v) is 11.2. The van der Waals surface area contributed by atoms with Gasteiger partial charge in [0.05, 0.1) is 20.3 Å². The van der Waals surface area contributed by atoms with Crippen molar-refractivity contribution in [3.8, 4) is 11.5 Å². The molecule has 0 saturated carbocycles. The molecule has 0 aliphatic heterocycles. The number of hydrogen-bond acceptors (Lipinski definition) is 3. The molecule has 0 radical (unpaired) electrons. The molecule has 0 spiro atoms. The smallest absolute Gasteiger partial charge is 0.170 e. The first kappa shape index (κ1) is 14.3. The largest absolute Gasteiger partial charge is 0.494 e. The molecule has 0 saturated heterocycles. The van der Waals surface area contributed by atoms with Crippen LogP contribution >= 0.6 is 0 Å². The van der Waals surface area contributed by atoms with Gasteiger partial charge in [-0.25, -0.2) is 8.78 Å². The predicted molar refractivity (Wildman–Crippen MR) is 71.9 cm³/mol. The van der Waals surface area contributed by atoms with Crippen molar-refractivity contribution in [3.05, 3.63) is 59.2 Å². The molecule has 1 atom stereocenters. The van der Waals surface area contributed by atoms with Crippen LogP contribution < -0.4 is 15.2 Å². The van der Waals surface area contributed by atoms with Gasteiger partial charge < -0.3 is 15.2 Å². The van der Waals surface area contributed by atoms with Gasteiger partial charge in [-0.2, -0.15) is 0 Å². The average Bonchev–Trinajstić information content (AvgIpc) is 2.47. The molecule has 106 valence electrons. The Kier molecular flexibility index (Phi) is 4.20. The summed E-state index contributed by atoms with van der Waals surface area (Å²) in [5.74, 6) is -0.825. The second-order valence-corrected chi connectivity index (χ2v) is 4.24. The van der Waals surface area contributed by atoms with Crippen LogP contribution in [0.3, 0.4) is 0 Å². The molecule has 0 aliphatic rings. The molecule has 0 bridgehead atoms. The van der Waals surface area contributed by atoms with Crippen LogP contribution in [0, 0.1) is 11.6 Å². The Morgan fingerprint density at radius 2 is 1.70 bits per heavy atom. The van der Waals surface area contributed by atoms with Gasteiger partial charge in [-0.3, -0.25) is 0 Å². The van der Waals surface area contributed by atoms with Crippen LogP contribution in [-0.2, 0) is 0 Å². The van der Waals surface area contributed by atoms with Gasteiger partial charge in [-0.15, -0.1) is 0 Å². The molecular formula is C15H15F2NO2. The highest BCUT2D eigenvalue weighted by atomic mass is 19.1. The summed E-state index contributed by atoms with van der Waals surface area (Å²) in [4.78, 5) is 0. The van der Waals surface area contributed by atoms with Crippen molar-refractivity contribution in [1.82, 2.24) is 0 Å². The highest BCUT2D eigenvalue weighted by Crippen LogP contribution is 2.30. The number of methoxy groups -OCH3 is 2. The Balaban J connectivity index is 2.43. The summed E-state index contributed by atoms with van der Waals surface area (Å²) in [6.07, 6.45) is 0. The first-order valence-electron chi connectivity index (χ1n) is 6.00. The normalized spacial score (nSPS) is 12.1. The summed E-state index contributed by atoms with van der Waals surface area (Å²) in [5.41, 5.74) is 6.87. The number of nitrogens with two attached hydrogens (primary N) is 1. The summed E-state index contributed by atoms with van der Waals surface area (Å²) in [6, 6.07) is 8.19. The van der Waals surface area contributed by atoms with Crippen molar-refractivity contribution in [1.29, 1.82) is 0 Å². The number of ether oxygens (including phenoxy) is 2. The maximum atomic E-state index is 14.2. The molecule has 2 N–H and O–H groups in total. The quantitative estimate of drug-likeness (QED) is 0.935. The van der Waals surface area contributed by atoms with Crippen LogP contribution in [0.25, 0.3) is 0 Å². The van der Waals surface area contributed by atoms with E-state index in [0.717, 1.165) is 0 Å². The first-order valence-corrected chi connectivity index (χ1v) is 6.00. The standard InChI is InChI=1S/C15H15F2NO2/c1-19-12-5-3-4-10(14(12)17)15(18)9-6-7-11(16)13(8-9)20-2/h3-8,15H,18H2,1-2H3. The van der Waals surface area contributed by atoms with Crippen LogP contribution in [0.1, 0.15) is 17.2 Å². The van der Waals surface area contributed by atoms with Gasteiger partial charge in [0, 0.05) is 5.56 Å². The Labute approximate surface area is 115 Å². The monoisotopic (exact) mass is 279 g/mol. The summed E-state index contributed by atoms with van der Waals surface area (Å²) < 4.78 is 37.4. The minimum absolute atomic E-state index is 0.0706. The molecule has 2 aromatic carbocycles. The topological polar surface area (TPSA) is 44.5 Å². The van der Waals surface area contributed by atoms with Crippen LogP contribution in [0.2, 0.25) is 0 Å². The molecule has 2 aromatic rings. The molecular weight excluding hydrogens is 264 g/mol. The van der Waals surface area contributed by atoms with E-state index in [-0.39, 0.29) is 17.1 Å². The van der Waals surface area contributed by atoms with E-state index in [4.69, 9.17) is 15.2 Å². The zero-order valence-electron chi connectivity index (χ0n) is 11.2. The van der Waals surface area contributed by atoms with Crippen molar-refractivity contribution < 1.29 is 18.3 Å². The lowest BCUT2D eigenvalue weighted by molar-refractivity contribution is 0.382. The molecule has 3 nitrogen and oxygen atoms in total. The lowest BCUT2D eigenvalue weighted by Crippen LogP contribution is -2.14. The Bertz CT molecular complexity index is 617. The van der Waals surface area contributed by atoms with E-state index in [0.29, 0.717) is 5.56 Å². The summed E-state index contributed by atoms with van der Waals surface area (Å²) in [7, 11) is 2.74. The lowest BCUT2D eigenvalue weighted by Gasteiger charge is -2.16. The van der Waals surface area contributed by atoms with E-state index >= 15 is 0 Å². The Morgan fingerprint density at radius 3 is 2.35 bits per heavy atom. The fourth-order valence-corrected chi connectivity index (χ4v) is 1.97. The molecule has 0 aromatic heterocycles. The van der Waals surface area contributed by atoms with E-state index in [1.807, 2.05) is 0 Å². The van der Waals surface area contributed by atoms with Gasteiger partial charge in [0.15, 0.2) is 23.1 Å². The van der Waals surface area contributed by atoms with Crippen molar-refractivity contribution in [2.24, 2.45) is 5.73 Å². The molecule has 0 aliphatic carbocycles. The summed E-state index contributed by atoms with van der Waals surface area (Å²) >= 11 is 0. The third-order valence-electron chi connectivity index (χ3n) is 3.08. The fraction of sp³-hybridized carbons (Fsp3) is 0.200. The minimum atomic E-state index is -0.736. The molecule has 0 fully saturated rings. The van der Waals surface area contributed by atoms with Crippen molar-refractivity contribution in [2.45, 2.75) is 6.04 Å². The van der Waals surface area contributed by atoms with Gasteiger partial charge in [-0.05, 0) is 23.8 Å².